The maximum absolute atomic E-state index is 12.4. The molecule has 0 aliphatic carbocycles. The van der Waals surface area contributed by atoms with E-state index in [0.717, 1.165) is 49.9 Å². The zero-order valence-electron chi connectivity index (χ0n) is 15.9. The van der Waals surface area contributed by atoms with Gasteiger partial charge in [0.2, 0.25) is 0 Å². The highest BCUT2D eigenvalue weighted by molar-refractivity contribution is 5.97. The molecule has 2 aromatic carbocycles. The monoisotopic (exact) mass is 361 g/mol. The highest BCUT2D eigenvalue weighted by Gasteiger charge is 2.20. The zero-order valence-corrected chi connectivity index (χ0v) is 15.9. The summed E-state index contributed by atoms with van der Waals surface area (Å²) in [6, 6.07) is 18.7. The maximum atomic E-state index is 12.4. The van der Waals surface area contributed by atoms with Crippen molar-refractivity contribution in [3.8, 4) is 0 Å². The minimum Gasteiger partial charge on any atom is -0.351 e. The first-order valence-corrected chi connectivity index (χ1v) is 9.81. The number of nitrogens with one attached hydrogen (secondary N) is 2. The minimum absolute atomic E-state index is 0.00622. The first kappa shape index (κ1) is 17.8. The van der Waals surface area contributed by atoms with Crippen LogP contribution in [0.2, 0.25) is 0 Å². The summed E-state index contributed by atoms with van der Waals surface area (Å²) in [6.07, 6.45) is 2.28. The first-order chi connectivity index (χ1) is 13.2. The van der Waals surface area contributed by atoms with Crippen molar-refractivity contribution in [1.82, 2.24) is 15.2 Å². The average molecular weight is 361 g/mol. The van der Waals surface area contributed by atoms with E-state index < -0.39 is 0 Å². The molecule has 2 heterocycles. The number of carbonyl (C=O) groups is 1. The molecule has 27 heavy (non-hydrogen) atoms. The third-order valence-electron chi connectivity index (χ3n) is 5.56. The van der Waals surface area contributed by atoms with Crippen molar-refractivity contribution in [2.24, 2.45) is 5.92 Å². The van der Waals surface area contributed by atoms with Crippen LogP contribution in [0.25, 0.3) is 10.9 Å². The number of piperidine rings is 1. The normalized spacial score (nSPS) is 15.9. The number of carbonyl (C=O) groups excluding carboxylic acids is 1. The van der Waals surface area contributed by atoms with Crippen LogP contribution in [0, 0.1) is 12.8 Å². The summed E-state index contributed by atoms with van der Waals surface area (Å²) in [6.45, 7) is 6.10. The van der Waals surface area contributed by atoms with Crippen molar-refractivity contribution in [2.45, 2.75) is 26.3 Å². The molecule has 0 bridgehead atoms. The smallest absolute Gasteiger partial charge is 0.267 e. The lowest BCUT2D eigenvalue weighted by Crippen LogP contribution is -2.38. The second kappa shape index (κ2) is 7.97. The summed E-state index contributed by atoms with van der Waals surface area (Å²) in [5.74, 6) is 0.556. The summed E-state index contributed by atoms with van der Waals surface area (Å²) in [5, 5.41) is 4.19. The third-order valence-corrected chi connectivity index (χ3v) is 5.56. The number of fused-ring (bicyclic) bond motifs is 1. The van der Waals surface area contributed by atoms with Crippen LogP contribution in [-0.2, 0) is 6.54 Å². The molecular weight excluding hydrogens is 334 g/mol. The standard InChI is InChI=1S/C23H27N3O/c1-17-6-8-19(9-7-17)16-26-12-10-18(11-13-26)15-24-23(27)22-14-20-4-2-3-5-21(20)25-22/h2-9,14,18,25H,10-13,15-16H2,1H3,(H,24,27). The van der Waals surface area contributed by atoms with E-state index in [1.807, 2.05) is 30.3 Å². The molecule has 1 amide bonds. The highest BCUT2D eigenvalue weighted by Crippen LogP contribution is 2.19. The molecule has 1 aliphatic rings. The van der Waals surface area contributed by atoms with Gasteiger partial charge >= 0.3 is 0 Å². The molecule has 0 unspecified atom stereocenters. The zero-order chi connectivity index (χ0) is 18.6. The summed E-state index contributed by atoms with van der Waals surface area (Å²) in [4.78, 5) is 18.2. The Bertz CT molecular complexity index is 872. The van der Waals surface area contributed by atoms with E-state index in [1.54, 1.807) is 0 Å². The molecule has 1 saturated heterocycles. The number of H-pyrrole nitrogens is 1. The number of amides is 1. The third kappa shape index (κ3) is 4.40. The van der Waals surface area contributed by atoms with Crippen LogP contribution < -0.4 is 5.32 Å². The van der Waals surface area contributed by atoms with E-state index in [-0.39, 0.29) is 5.91 Å². The Morgan fingerprint density at radius 2 is 1.85 bits per heavy atom. The Balaban J connectivity index is 1.24. The summed E-state index contributed by atoms with van der Waals surface area (Å²) >= 11 is 0. The van der Waals surface area contributed by atoms with Gasteiger partial charge in [-0.05, 0) is 56.5 Å². The Kier molecular flexibility index (Phi) is 5.26. The van der Waals surface area contributed by atoms with Crippen molar-refractivity contribution in [2.75, 3.05) is 19.6 Å². The van der Waals surface area contributed by atoms with Crippen molar-refractivity contribution >= 4 is 16.8 Å². The predicted molar refractivity (Wildman–Crippen MR) is 110 cm³/mol. The van der Waals surface area contributed by atoms with Gasteiger partial charge in [0.25, 0.3) is 5.91 Å². The Morgan fingerprint density at radius 3 is 2.59 bits per heavy atom. The van der Waals surface area contributed by atoms with Gasteiger partial charge in [0, 0.05) is 24.0 Å². The van der Waals surface area contributed by atoms with Crippen molar-refractivity contribution in [3.05, 3.63) is 71.4 Å². The van der Waals surface area contributed by atoms with E-state index in [0.29, 0.717) is 11.6 Å². The number of benzene rings is 2. The molecule has 0 spiro atoms. The number of aromatic amines is 1. The van der Waals surface area contributed by atoms with Crippen LogP contribution in [0.15, 0.2) is 54.6 Å². The quantitative estimate of drug-likeness (QED) is 0.718. The Morgan fingerprint density at radius 1 is 1.11 bits per heavy atom. The molecule has 1 aliphatic heterocycles. The second-order valence-corrected chi connectivity index (χ2v) is 7.69. The van der Waals surface area contributed by atoms with E-state index in [1.165, 1.54) is 11.1 Å². The number of likely N-dealkylation sites (tertiary alicyclic amines) is 1. The van der Waals surface area contributed by atoms with Gasteiger partial charge in [-0.15, -0.1) is 0 Å². The molecule has 4 heteroatoms. The number of para-hydroxylation sites is 1. The Hall–Kier alpha value is -2.59. The van der Waals surface area contributed by atoms with Crippen LogP contribution in [0.1, 0.15) is 34.5 Å². The van der Waals surface area contributed by atoms with E-state index in [4.69, 9.17) is 0 Å². The second-order valence-electron chi connectivity index (χ2n) is 7.69. The van der Waals surface area contributed by atoms with Crippen LogP contribution in [0.5, 0.6) is 0 Å². The van der Waals surface area contributed by atoms with Crippen molar-refractivity contribution < 1.29 is 4.79 Å². The number of hydrogen-bond acceptors (Lipinski definition) is 2. The van der Waals surface area contributed by atoms with E-state index >= 15 is 0 Å². The summed E-state index contributed by atoms with van der Waals surface area (Å²) in [7, 11) is 0. The fraction of sp³-hybridized carbons (Fsp3) is 0.348. The van der Waals surface area contributed by atoms with Gasteiger partial charge in [-0.25, -0.2) is 0 Å². The van der Waals surface area contributed by atoms with Gasteiger partial charge in [-0.3, -0.25) is 9.69 Å². The molecule has 140 valence electrons. The number of aryl methyl sites for hydroxylation is 1. The Labute approximate surface area is 160 Å². The lowest BCUT2D eigenvalue weighted by atomic mass is 9.96. The molecule has 4 rings (SSSR count). The van der Waals surface area contributed by atoms with Gasteiger partial charge < -0.3 is 10.3 Å². The lowest BCUT2D eigenvalue weighted by Gasteiger charge is -2.32. The molecule has 0 saturated carbocycles. The predicted octanol–water partition coefficient (Wildman–Crippen LogP) is 4.12. The minimum atomic E-state index is -0.00622. The van der Waals surface area contributed by atoms with Gasteiger partial charge in [-0.1, -0.05) is 48.0 Å². The van der Waals surface area contributed by atoms with Crippen molar-refractivity contribution in [3.63, 3.8) is 0 Å². The summed E-state index contributed by atoms with van der Waals surface area (Å²) < 4.78 is 0. The number of rotatable bonds is 5. The van der Waals surface area contributed by atoms with Crippen molar-refractivity contribution in [1.29, 1.82) is 0 Å². The number of hydrogen-bond donors (Lipinski definition) is 2. The fourth-order valence-electron chi connectivity index (χ4n) is 3.83. The van der Waals surface area contributed by atoms with Gasteiger partial charge in [0.05, 0.1) is 0 Å². The van der Waals surface area contributed by atoms with E-state index in [2.05, 4.69) is 46.4 Å². The van der Waals surface area contributed by atoms with Crippen LogP contribution in [0.3, 0.4) is 0 Å². The van der Waals surface area contributed by atoms with Gasteiger partial charge in [0.15, 0.2) is 0 Å². The van der Waals surface area contributed by atoms with Crippen LogP contribution in [0.4, 0.5) is 0 Å². The molecule has 4 nitrogen and oxygen atoms in total. The average Bonchev–Trinajstić information content (AvgIpc) is 3.13. The first-order valence-electron chi connectivity index (χ1n) is 9.81. The van der Waals surface area contributed by atoms with Gasteiger partial charge in [0.1, 0.15) is 5.69 Å². The molecule has 0 radical (unpaired) electrons. The lowest BCUT2D eigenvalue weighted by molar-refractivity contribution is 0.0931. The van der Waals surface area contributed by atoms with Gasteiger partial charge in [-0.2, -0.15) is 0 Å². The summed E-state index contributed by atoms with van der Waals surface area (Å²) in [5.41, 5.74) is 4.34. The molecular formula is C23H27N3O. The molecule has 0 atom stereocenters. The van der Waals surface area contributed by atoms with Crippen LogP contribution in [-0.4, -0.2) is 35.4 Å². The molecule has 1 fully saturated rings. The molecule has 2 N–H and O–H groups in total. The molecule has 3 aromatic rings. The number of nitrogens with zero attached hydrogens (tertiary/aromatic N) is 1. The highest BCUT2D eigenvalue weighted by atomic mass is 16.1. The topological polar surface area (TPSA) is 48.1 Å². The fourth-order valence-corrected chi connectivity index (χ4v) is 3.83. The maximum Gasteiger partial charge on any atom is 0.267 e. The van der Waals surface area contributed by atoms with Crippen LogP contribution >= 0.6 is 0 Å². The van der Waals surface area contributed by atoms with E-state index in [9.17, 15) is 4.79 Å². The molecule has 1 aromatic heterocycles. The SMILES string of the molecule is Cc1ccc(CN2CCC(CNC(=O)c3cc4ccccc4[nH]3)CC2)cc1. The largest absolute Gasteiger partial charge is 0.351 e. The number of aromatic nitrogens is 1.